The van der Waals surface area contributed by atoms with Crippen LogP contribution >= 0.6 is 0 Å². The van der Waals surface area contributed by atoms with E-state index in [1.807, 2.05) is 23.1 Å². The molecule has 72 valence electrons. The Hall–Kier alpha value is -1.31. The van der Waals surface area contributed by atoms with E-state index in [0.717, 1.165) is 19.5 Å². The molecule has 3 rings (SSSR count). The third-order valence-electron chi connectivity index (χ3n) is 3.22. The normalized spacial score (nSPS) is 29.1. The van der Waals surface area contributed by atoms with Crippen LogP contribution in [0.3, 0.4) is 0 Å². The molecule has 0 unspecified atom stereocenters. The van der Waals surface area contributed by atoms with E-state index in [1.54, 1.807) is 0 Å². The third-order valence-corrected chi connectivity index (χ3v) is 3.22. The fourth-order valence-electron chi connectivity index (χ4n) is 2.31. The topological polar surface area (TPSA) is 20.3 Å². The molecule has 2 fully saturated rings. The van der Waals surface area contributed by atoms with Crippen LogP contribution in [0, 0.1) is 11.8 Å². The van der Waals surface area contributed by atoms with E-state index in [-0.39, 0.29) is 0 Å². The number of carbonyl (C=O) groups is 1. The molecule has 1 aliphatic heterocycles. The summed E-state index contributed by atoms with van der Waals surface area (Å²) in [6.45, 7) is 1.78. The molecule has 2 nitrogen and oxygen atoms in total. The molecule has 1 amide bonds. The second-order valence-electron chi connectivity index (χ2n) is 4.31. The predicted octanol–water partition coefficient (Wildman–Crippen LogP) is 1.66. The highest BCUT2D eigenvalue weighted by Gasteiger charge is 2.51. The maximum absolute atomic E-state index is 11.7. The highest BCUT2D eigenvalue weighted by molar-refractivity contribution is 5.84. The second-order valence-corrected chi connectivity index (χ2v) is 4.31. The van der Waals surface area contributed by atoms with Crippen molar-refractivity contribution < 1.29 is 4.79 Å². The number of amides is 1. The van der Waals surface area contributed by atoms with Gasteiger partial charge in [-0.2, -0.15) is 0 Å². The maximum atomic E-state index is 11.7. The van der Waals surface area contributed by atoms with Gasteiger partial charge in [-0.15, -0.1) is 0 Å². The molecule has 1 aliphatic carbocycles. The van der Waals surface area contributed by atoms with Gasteiger partial charge in [0.1, 0.15) is 0 Å². The van der Waals surface area contributed by atoms with Crippen molar-refractivity contribution in [1.29, 1.82) is 0 Å². The molecule has 0 spiro atoms. The van der Waals surface area contributed by atoms with Crippen LogP contribution in [-0.2, 0) is 11.3 Å². The fraction of sp³-hybridized carbons (Fsp3) is 0.417. The van der Waals surface area contributed by atoms with Gasteiger partial charge in [0.05, 0.1) is 0 Å². The molecule has 0 aromatic heterocycles. The Bertz CT molecular complexity index is 360. The largest absolute Gasteiger partial charge is 0.338 e. The quantitative estimate of drug-likeness (QED) is 0.689. The van der Waals surface area contributed by atoms with Crippen molar-refractivity contribution in [2.75, 3.05) is 6.54 Å². The first kappa shape index (κ1) is 8.04. The van der Waals surface area contributed by atoms with Crippen LogP contribution in [0.4, 0.5) is 0 Å². The first-order chi connectivity index (χ1) is 6.84. The first-order valence-corrected chi connectivity index (χ1v) is 5.17. The predicted molar refractivity (Wildman–Crippen MR) is 53.5 cm³/mol. The lowest BCUT2D eigenvalue weighted by atomic mass is 10.2. The molecule has 1 saturated heterocycles. The lowest BCUT2D eigenvalue weighted by molar-refractivity contribution is -0.130. The van der Waals surface area contributed by atoms with Gasteiger partial charge < -0.3 is 4.90 Å². The molecule has 1 saturated carbocycles. The van der Waals surface area contributed by atoms with Gasteiger partial charge in [0.25, 0.3) is 0 Å². The number of piperidine rings is 1. The van der Waals surface area contributed by atoms with Crippen LogP contribution < -0.4 is 0 Å². The molecule has 1 aromatic rings. The zero-order valence-electron chi connectivity index (χ0n) is 8.02. The lowest BCUT2D eigenvalue weighted by Gasteiger charge is -2.17. The number of fused-ring (bicyclic) bond motifs is 1. The van der Waals surface area contributed by atoms with Gasteiger partial charge in [-0.1, -0.05) is 30.3 Å². The van der Waals surface area contributed by atoms with Crippen molar-refractivity contribution in [3.05, 3.63) is 35.9 Å². The van der Waals surface area contributed by atoms with E-state index < -0.39 is 0 Å². The highest BCUT2D eigenvalue weighted by atomic mass is 16.2. The van der Waals surface area contributed by atoms with Crippen LogP contribution in [0.15, 0.2) is 30.3 Å². The minimum Gasteiger partial charge on any atom is -0.338 e. The van der Waals surface area contributed by atoms with Crippen LogP contribution in [0.2, 0.25) is 0 Å². The van der Waals surface area contributed by atoms with Crippen molar-refractivity contribution in [2.24, 2.45) is 11.8 Å². The minimum atomic E-state index is 0.374. The summed E-state index contributed by atoms with van der Waals surface area (Å²) < 4.78 is 0. The summed E-state index contributed by atoms with van der Waals surface area (Å²) in [5.41, 5.74) is 1.24. The van der Waals surface area contributed by atoms with Crippen LogP contribution in [0.1, 0.15) is 12.0 Å². The molecule has 0 radical (unpaired) electrons. The van der Waals surface area contributed by atoms with Gasteiger partial charge in [0, 0.05) is 19.0 Å². The van der Waals surface area contributed by atoms with Gasteiger partial charge in [-0.05, 0) is 17.9 Å². The molecule has 1 heterocycles. The molecular formula is C12H13NO. The Morgan fingerprint density at radius 3 is 2.71 bits per heavy atom. The van der Waals surface area contributed by atoms with Gasteiger partial charge in [-0.3, -0.25) is 4.79 Å². The van der Waals surface area contributed by atoms with Gasteiger partial charge in [-0.25, -0.2) is 0 Å². The molecule has 2 heteroatoms. The van der Waals surface area contributed by atoms with E-state index in [0.29, 0.717) is 17.7 Å². The van der Waals surface area contributed by atoms with Crippen molar-refractivity contribution in [3.63, 3.8) is 0 Å². The molecule has 1 aromatic carbocycles. The fourth-order valence-corrected chi connectivity index (χ4v) is 2.31. The zero-order chi connectivity index (χ0) is 9.54. The van der Waals surface area contributed by atoms with Crippen LogP contribution in [0.25, 0.3) is 0 Å². The van der Waals surface area contributed by atoms with E-state index in [2.05, 4.69) is 12.1 Å². The van der Waals surface area contributed by atoms with Crippen LogP contribution in [0.5, 0.6) is 0 Å². The number of carbonyl (C=O) groups excluding carboxylic acids is 1. The maximum Gasteiger partial charge on any atom is 0.226 e. The summed E-state index contributed by atoms with van der Waals surface area (Å²) >= 11 is 0. The highest BCUT2D eigenvalue weighted by Crippen LogP contribution is 2.46. The SMILES string of the molecule is O=C1[C@H]2C[C@@H]2CN1Cc1ccccc1. The molecular weight excluding hydrogens is 174 g/mol. The third kappa shape index (κ3) is 1.22. The van der Waals surface area contributed by atoms with E-state index in [1.165, 1.54) is 5.56 Å². The number of hydrogen-bond acceptors (Lipinski definition) is 1. The number of hydrogen-bond donors (Lipinski definition) is 0. The summed E-state index contributed by atoms with van der Waals surface area (Å²) in [6.07, 6.45) is 1.14. The first-order valence-electron chi connectivity index (χ1n) is 5.17. The Labute approximate surface area is 83.5 Å². The number of likely N-dealkylation sites (tertiary alicyclic amines) is 1. The van der Waals surface area contributed by atoms with E-state index >= 15 is 0 Å². The second kappa shape index (κ2) is 2.84. The van der Waals surface area contributed by atoms with Gasteiger partial charge in [0.2, 0.25) is 5.91 Å². The molecule has 2 aliphatic rings. The average Bonchev–Trinajstić information content (AvgIpc) is 2.91. The summed E-state index contributed by atoms with van der Waals surface area (Å²) in [7, 11) is 0. The van der Waals surface area contributed by atoms with Crippen molar-refractivity contribution in [3.8, 4) is 0 Å². The van der Waals surface area contributed by atoms with Gasteiger partial charge in [0.15, 0.2) is 0 Å². The van der Waals surface area contributed by atoms with Crippen LogP contribution in [-0.4, -0.2) is 17.4 Å². The summed E-state index contributed by atoms with van der Waals surface area (Å²) in [5, 5.41) is 0. The number of benzene rings is 1. The summed E-state index contributed by atoms with van der Waals surface area (Å²) in [5.74, 6) is 1.45. The van der Waals surface area contributed by atoms with E-state index in [4.69, 9.17) is 0 Å². The molecule has 0 bridgehead atoms. The Kier molecular flexibility index (Phi) is 1.63. The summed E-state index contributed by atoms with van der Waals surface area (Å²) in [6, 6.07) is 10.2. The van der Waals surface area contributed by atoms with E-state index in [9.17, 15) is 4.79 Å². The Balaban J connectivity index is 1.71. The van der Waals surface area contributed by atoms with Gasteiger partial charge >= 0.3 is 0 Å². The van der Waals surface area contributed by atoms with Crippen molar-refractivity contribution in [2.45, 2.75) is 13.0 Å². The molecule has 0 N–H and O–H groups in total. The zero-order valence-corrected chi connectivity index (χ0v) is 8.02. The molecule has 14 heavy (non-hydrogen) atoms. The minimum absolute atomic E-state index is 0.374. The number of nitrogens with zero attached hydrogens (tertiary/aromatic N) is 1. The van der Waals surface area contributed by atoms with Crippen molar-refractivity contribution >= 4 is 5.91 Å². The summed E-state index contributed by atoms with van der Waals surface area (Å²) in [4.78, 5) is 13.7. The van der Waals surface area contributed by atoms with Crippen molar-refractivity contribution in [1.82, 2.24) is 4.90 Å². The Morgan fingerprint density at radius 1 is 1.29 bits per heavy atom. The monoisotopic (exact) mass is 187 g/mol. The number of rotatable bonds is 2. The average molecular weight is 187 g/mol. The molecule has 2 atom stereocenters. The lowest BCUT2D eigenvalue weighted by Crippen LogP contribution is -2.27. The Morgan fingerprint density at radius 2 is 2.07 bits per heavy atom. The standard InChI is InChI=1S/C12H13NO/c14-12-11-6-10(11)8-13(12)7-9-4-2-1-3-5-9/h1-5,10-11H,6-8H2/t10-,11+/m1/s1. The smallest absolute Gasteiger partial charge is 0.226 e.